The Morgan fingerprint density at radius 2 is 1.86 bits per heavy atom. The predicted octanol–water partition coefficient (Wildman–Crippen LogP) is 1.76. The molecule has 14 heavy (non-hydrogen) atoms. The van der Waals surface area contributed by atoms with Crippen LogP contribution in [0.25, 0.3) is 0 Å². The van der Waals surface area contributed by atoms with Crippen molar-refractivity contribution in [1.82, 2.24) is 0 Å². The van der Waals surface area contributed by atoms with E-state index in [-0.39, 0.29) is 11.5 Å². The number of esters is 1. The average molecular weight is 219 g/mol. The highest BCUT2D eigenvalue weighted by atomic mass is 32.1. The van der Waals surface area contributed by atoms with Crippen LogP contribution in [0.3, 0.4) is 0 Å². The molecule has 84 valence electrons. The zero-order valence-corrected chi connectivity index (χ0v) is 10.4. The molecule has 0 aliphatic carbocycles. The first-order chi connectivity index (χ1) is 6.16. The Balaban J connectivity index is 4.13. The lowest BCUT2D eigenvalue weighted by Gasteiger charge is -2.31. The van der Waals surface area contributed by atoms with Gasteiger partial charge in [0.15, 0.2) is 0 Å². The minimum Gasteiger partial charge on any atom is -0.460 e. The van der Waals surface area contributed by atoms with Gasteiger partial charge < -0.3 is 10.5 Å². The molecular formula is C10H21NO2S. The van der Waals surface area contributed by atoms with Crippen LogP contribution in [-0.4, -0.2) is 22.9 Å². The highest BCUT2D eigenvalue weighted by Crippen LogP contribution is 2.22. The molecule has 3 nitrogen and oxygen atoms in total. The van der Waals surface area contributed by atoms with Crippen LogP contribution < -0.4 is 5.73 Å². The summed E-state index contributed by atoms with van der Waals surface area (Å²) in [6.07, 6.45) is 0.982. The van der Waals surface area contributed by atoms with Crippen LogP contribution in [0.15, 0.2) is 0 Å². The lowest BCUT2D eigenvalue weighted by molar-refractivity contribution is -0.157. The average Bonchev–Trinajstić information content (AvgIpc) is 1.78. The van der Waals surface area contributed by atoms with E-state index in [9.17, 15) is 4.79 Å². The van der Waals surface area contributed by atoms with Gasteiger partial charge in [-0.15, -0.1) is 0 Å². The smallest absolute Gasteiger partial charge is 0.307 e. The van der Waals surface area contributed by atoms with Crippen molar-refractivity contribution >= 4 is 18.6 Å². The Kier molecular flexibility index (Phi) is 4.95. The summed E-state index contributed by atoms with van der Waals surface area (Å²) >= 11 is 3.97. The topological polar surface area (TPSA) is 52.3 Å². The van der Waals surface area contributed by atoms with Crippen LogP contribution >= 0.6 is 12.6 Å². The van der Waals surface area contributed by atoms with Gasteiger partial charge in [-0.1, -0.05) is 0 Å². The zero-order chi connectivity index (χ0) is 11.4. The third-order valence-electron chi connectivity index (χ3n) is 1.59. The van der Waals surface area contributed by atoms with Gasteiger partial charge in [0, 0.05) is 17.7 Å². The van der Waals surface area contributed by atoms with E-state index >= 15 is 0 Å². The van der Waals surface area contributed by atoms with Gasteiger partial charge in [0.05, 0.1) is 6.42 Å². The highest BCUT2D eigenvalue weighted by Gasteiger charge is 2.29. The van der Waals surface area contributed by atoms with E-state index in [0.29, 0.717) is 18.6 Å². The van der Waals surface area contributed by atoms with E-state index in [1.165, 1.54) is 0 Å². The first kappa shape index (κ1) is 13.8. The van der Waals surface area contributed by atoms with Gasteiger partial charge in [0.2, 0.25) is 0 Å². The summed E-state index contributed by atoms with van der Waals surface area (Å²) < 4.78 is 5.29. The first-order valence-corrected chi connectivity index (χ1v) is 5.41. The van der Waals surface area contributed by atoms with Crippen LogP contribution in [-0.2, 0) is 9.53 Å². The van der Waals surface area contributed by atoms with Crippen molar-refractivity contribution in [2.24, 2.45) is 5.73 Å². The Bertz CT molecular complexity index is 197. The summed E-state index contributed by atoms with van der Waals surface area (Å²) in [5, 5.41) is 0. The summed E-state index contributed by atoms with van der Waals surface area (Å²) in [4.78, 5) is 11.2. The molecule has 0 amide bonds. The molecule has 0 aromatic carbocycles. The van der Waals surface area contributed by atoms with Gasteiger partial charge in [-0.05, 0) is 27.7 Å². The van der Waals surface area contributed by atoms with Crippen molar-refractivity contribution in [2.75, 3.05) is 5.75 Å². The highest BCUT2D eigenvalue weighted by molar-refractivity contribution is 7.80. The fraction of sp³-hybridized carbons (Fsp3) is 0.900. The second kappa shape index (κ2) is 5.03. The minimum absolute atomic E-state index is 0.214. The van der Waals surface area contributed by atoms with E-state index in [2.05, 4.69) is 12.6 Å². The number of ether oxygens (including phenoxy) is 1. The van der Waals surface area contributed by atoms with Crippen LogP contribution in [0.1, 0.15) is 40.5 Å². The molecule has 0 rings (SSSR count). The summed E-state index contributed by atoms with van der Waals surface area (Å²) in [5.74, 6) is 0.301. The Morgan fingerprint density at radius 3 is 2.21 bits per heavy atom. The summed E-state index contributed by atoms with van der Waals surface area (Å²) in [7, 11) is 0. The molecule has 0 fully saturated rings. The van der Waals surface area contributed by atoms with Crippen molar-refractivity contribution < 1.29 is 9.53 Å². The molecular weight excluding hydrogens is 198 g/mol. The number of rotatable bonds is 5. The summed E-state index contributed by atoms with van der Waals surface area (Å²) in [6, 6.07) is 0. The Morgan fingerprint density at radius 1 is 1.36 bits per heavy atom. The number of thiol groups is 1. The fourth-order valence-corrected chi connectivity index (χ4v) is 1.77. The SMILES string of the molecule is CC(C)(N)CC(C)(C)OC(=O)CCS. The van der Waals surface area contributed by atoms with Gasteiger partial charge >= 0.3 is 5.97 Å². The standard InChI is InChI=1S/C10H21NO2S/c1-9(2,11)7-10(3,4)13-8(12)5-6-14/h14H,5-7,11H2,1-4H3. The van der Waals surface area contributed by atoms with Gasteiger partial charge in [0.1, 0.15) is 5.60 Å². The van der Waals surface area contributed by atoms with Crippen molar-refractivity contribution in [1.29, 1.82) is 0 Å². The monoisotopic (exact) mass is 219 g/mol. The molecule has 0 aliphatic heterocycles. The first-order valence-electron chi connectivity index (χ1n) is 4.78. The van der Waals surface area contributed by atoms with E-state index in [4.69, 9.17) is 10.5 Å². The second-order valence-corrected chi connectivity index (χ2v) is 5.32. The molecule has 4 heteroatoms. The van der Waals surface area contributed by atoms with E-state index in [0.717, 1.165) is 0 Å². The fourth-order valence-electron chi connectivity index (χ4n) is 1.58. The maximum atomic E-state index is 11.2. The maximum absolute atomic E-state index is 11.2. The zero-order valence-electron chi connectivity index (χ0n) is 9.46. The molecule has 0 spiro atoms. The number of carbonyl (C=O) groups is 1. The predicted molar refractivity (Wildman–Crippen MR) is 61.5 cm³/mol. The van der Waals surface area contributed by atoms with Crippen LogP contribution in [0.5, 0.6) is 0 Å². The van der Waals surface area contributed by atoms with E-state index in [1.54, 1.807) is 0 Å². The third-order valence-corrected chi connectivity index (χ3v) is 1.81. The number of carbonyl (C=O) groups excluding carboxylic acids is 1. The van der Waals surface area contributed by atoms with E-state index in [1.807, 2.05) is 27.7 Å². The molecule has 0 saturated carbocycles. The largest absolute Gasteiger partial charge is 0.460 e. The maximum Gasteiger partial charge on any atom is 0.307 e. The molecule has 2 N–H and O–H groups in total. The minimum atomic E-state index is -0.502. The number of hydrogen-bond donors (Lipinski definition) is 2. The van der Waals surface area contributed by atoms with Gasteiger partial charge in [0.25, 0.3) is 0 Å². The van der Waals surface area contributed by atoms with Gasteiger partial charge in [-0.3, -0.25) is 4.79 Å². The Hall–Kier alpha value is -0.220. The van der Waals surface area contributed by atoms with Crippen molar-refractivity contribution in [2.45, 2.75) is 51.7 Å². The third kappa shape index (κ3) is 7.21. The van der Waals surface area contributed by atoms with E-state index < -0.39 is 5.60 Å². The second-order valence-electron chi connectivity index (χ2n) is 4.87. The van der Waals surface area contributed by atoms with Crippen molar-refractivity contribution in [3.8, 4) is 0 Å². The molecule has 0 aromatic rings. The lowest BCUT2D eigenvalue weighted by atomic mass is 9.90. The Labute approximate surface area is 91.8 Å². The number of nitrogens with two attached hydrogens (primary N) is 1. The summed E-state index contributed by atoms with van der Waals surface area (Å²) in [6.45, 7) is 7.58. The summed E-state index contributed by atoms with van der Waals surface area (Å²) in [5.41, 5.74) is 5.03. The normalized spacial score (nSPS) is 12.7. The van der Waals surface area contributed by atoms with Crippen molar-refractivity contribution in [3.05, 3.63) is 0 Å². The quantitative estimate of drug-likeness (QED) is 0.547. The van der Waals surface area contributed by atoms with Gasteiger partial charge in [-0.25, -0.2) is 0 Å². The molecule has 0 radical (unpaired) electrons. The van der Waals surface area contributed by atoms with Crippen LogP contribution in [0.2, 0.25) is 0 Å². The van der Waals surface area contributed by atoms with Crippen LogP contribution in [0.4, 0.5) is 0 Å². The van der Waals surface area contributed by atoms with Crippen molar-refractivity contribution in [3.63, 3.8) is 0 Å². The molecule has 0 bridgehead atoms. The molecule has 0 saturated heterocycles. The molecule has 0 atom stereocenters. The number of hydrogen-bond acceptors (Lipinski definition) is 4. The molecule has 0 unspecified atom stereocenters. The molecule has 0 aliphatic rings. The lowest BCUT2D eigenvalue weighted by Crippen LogP contribution is -2.42. The van der Waals surface area contributed by atoms with Gasteiger partial charge in [-0.2, -0.15) is 12.6 Å². The molecule has 0 aromatic heterocycles. The van der Waals surface area contributed by atoms with Crippen LogP contribution in [0, 0.1) is 0 Å². The molecule has 0 heterocycles.